The molecule has 0 spiro atoms. The summed E-state index contributed by atoms with van der Waals surface area (Å²) in [5.74, 6) is 0. The van der Waals surface area contributed by atoms with Crippen molar-refractivity contribution in [2.45, 2.75) is 167 Å². The van der Waals surface area contributed by atoms with Gasteiger partial charge in [0, 0.05) is 0 Å². The van der Waals surface area contributed by atoms with Crippen LogP contribution in [-0.2, 0) is 0 Å². The van der Waals surface area contributed by atoms with Gasteiger partial charge in [-0.1, -0.05) is 155 Å². The van der Waals surface area contributed by atoms with Gasteiger partial charge in [-0.05, 0) is 11.7 Å². The van der Waals surface area contributed by atoms with Gasteiger partial charge in [-0.3, -0.25) is 0 Å². The van der Waals surface area contributed by atoms with Gasteiger partial charge in [0.25, 0.3) is 0 Å². The molecule has 1 unspecified atom stereocenters. The largest absolute Gasteiger partial charge is 0.176 e. The van der Waals surface area contributed by atoms with Gasteiger partial charge in [-0.15, -0.1) is 0 Å². The van der Waals surface area contributed by atoms with Crippen LogP contribution in [0.4, 0.5) is 0 Å². The van der Waals surface area contributed by atoms with Crippen molar-refractivity contribution in [3.8, 4) is 0 Å². The average Bonchev–Trinajstić information content (AvgIpc) is 2.65. The molecule has 0 aromatic carbocycles. The quantitative estimate of drug-likeness (QED) is 0.128. The molecule has 0 saturated heterocycles. The lowest BCUT2D eigenvalue weighted by molar-refractivity contribution is 0.518. The zero-order valence-corrected chi connectivity index (χ0v) is 20.2. The van der Waals surface area contributed by atoms with Crippen molar-refractivity contribution in [1.82, 2.24) is 0 Å². The fourth-order valence-electron chi connectivity index (χ4n) is 4.05. The number of rotatable bonds is 23. The average molecular weight is 399 g/mol. The predicted molar refractivity (Wildman–Crippen MR) is 130 cm³/mol. The highest BCUT2D eigenvalue weighted by Gasteiger charge is 1.97. The Labute approximate surface area is 179 Å². The maximum atomic E-state index is 4.44. The van der Waals surface area contributed by atoms with Gasteiger partial charge in [-0.25, -0.2) is 0 Å². The molecule has 0 saturated carbocycles. The SMILES string of the molecule is CCCCCCCCCCCCCCCCCCCCCCCCC(C)S. The summed E-state index contributed by atoms with van der Waals surface area (Å²) in [6, 6.07) is 0. The first kappa shape index (κ1) is 27.4. The first-order valence-electron chi connectivity index (χ1n) is 13.0. The van der Waals surface area contributed by atoms with E-state index in [1.807, 2.05) is 0 Å². The number of thiol groups is 1. The van der Waals surface area contributed by atoms with Gasteiger partial charge >= 0.3 is 0 Å². The van der Waals surface area contributed by atoms with Crippen LogP contribution in [0.25, 0.3) is 0 Å². The molecule has 27 heavy (non-hydrogen) atoms. The van der Waals surface area contributed by atoms with Gasteiger partial charge in [0.05, 0.1) is 0 Å². The summed E-state index contributed by atoms with van der Waals surface area (Å²) in [7, 11) is 0. The second kappa shape index (κ2) is 24.4. The summed E-state index contributed by atoms with van der Waals surface area (Å²) in [6.45, 7) is 4.51. The topological polar surface area (TPSA) is 0 Å². The zero-order chi connectivity index (χ0) is 19.8. The summed E-state index contributed by atoms with van der Waals surface area (Å²) >= 11 is 4.44. The van der Waals surface area contributed by atoms with E-state index in [0.29, 0.717) is 5.25 Å². The smallest absolute Gasteiger partial charge is 0.00116 e. The molecule has 0 aliphatic rings. The molecular weight excluding hydrogens is 344 g/mol. The van der Waals surface area contributed by atoms with E-state index in [1.165, 1.54) is 148 Å². The molecule has 0 radical (unpaired) electrons. The lowest BCUT2D eigenvalue weighted by Crippen LogP contribution is -1.90. The molecule has 0 N–H and O–H groups in total. The predicted octanol–water partition coefficient (Wildman–Crippen LogP) is 10.3. The normalized spacial score (nSPS) is 12.6. The van der Waals surface area contributed by atoms with Crippen LogP contribution in [-0.4, -0.2) is 5.25 Å². The molecule has 1 atom stereocenters. The van der Waals surface area contributed by atoms with Crippen molar-refractivity contribution in [2.24, 2.45) is 0 Å². The van der Waals surface area contributed by atoms with Gasteiger partial charge in [0.2, 0.25) is 0 Å². The second-order valence-electron chi connectivity index (χ2n) is 9.06. The lowest BCUT2D eigenvalue weighted by Gasteiger charge is -2.05. The highest BCUT2D eigenvalue weighted by molar-refractivity contribution is 7.80. The van der Waals surface area contributed by atoms with Crippen LogP contribution < -0.4 is 0 Å². The van der Waals surface area contributed by atoms with Crippen LogP contribution in [0.2, 0.25) is 0 Å². The molecule has 0 bridgehead atoms. The highest BCUT2D eigenvalue weighted by atomic mass is 32.1. The van der Waals surface area contributed by atoms with Crippen molar-refractivity contribution in [2.75, 3.05) is 0 Å². The Morgan fingerprint density at radius 2 is 0.630 bits per heavy atom. The molecule has 0 aliphatic carbocycles. The Morgan fingerprint density at radius 1 is 0.407 bits per heavy atom. The van der Waals surface area contributed by atoms with Crippen LogP contribution in [0.3, 0.4) is 0 Å². The lowest BCUT2D eigenvalue weighted by atomic mass is 10.0. The summed E-state index contributed by atoms with van der Waals surface area (Å²) in [4.78, 5) is 0. The van der Waals surface area contributed by atoms with Crippen molar-refractivity contribution in [3.63, 3.8) is 0 Å². The molecule has 0 aromatic heterocycles. The minimum absolute atomic E-state index is 0.593. The van der Waals surface area contributed by atoms with Crippen LogP contribution in [0.5, 0.6) is 0 Å². The summed E-state index contributed by atoms with van der Waals surface area (Å²) in [6.07, 6.45) is 33.5. The zero-order valence-electron chi connectivity index (χ0n) is 19.3. The van der Waals surface area contributed by atoms with E-state index in [1.54, 1.807) is 0 Å². The Morgan fingerprint density at radius 3 is 0.852 bits per heavy atom. The summed E-state index contributed by atoms with van der Waals surface area (Å²) in [5.41, 5.74) is 0. The highest BCUT2D eigenvalue weighted by Crippen LogP contribution is 2.15. The fourth-order valence-corrected chi connectivity index (χ4v) is 4.23. The standard InChI is InChI=1S/C26H54S/c1-3-4-5-6-7-8-9-10-11-12-13-14-15-16-17-18-19-20-21-22-23-24-25-26(2)27/h26-27H,3-25H2,1-2H3. The first-order valence-corrected chi connectivity index (χ1v) is 13.5. The van der Waals surface area contributed by atoms with E-state index >= 15 is 0 Å². The van der Waals surface area contributed by atoms with E-state index in [0.717, 1.165) is 0 Å². The molecule has 0 fully saturated rings. The van der Waals surface area contributed by atoms with Crippen LogP contribution in [0.15, 0.2) is 0 Å². The molecule has 1 heteroatoms. The third-order valence-electron chi connectivity index (χ3n) is 5.98. The maximum absolute atomic E-state index is 4.44. The van der Waals surface area contributed by atoms with Crippen molar-refractivity contribution >= 4 is 12.6 Å². The molecule has 0 aromatic rings. The first-order chi connectivity index (χ1) is 13.3. The number of hydrogen-bond donors (Lipinski definition) is 1. The summed E-state index contributed by atoms with van der Waals surface area (Å²) in [5, 5.41) is 0.593. The Kier molecular flexibility index (Phi) is 24.7. The van der Waals surface area contributed by atoms with E-state index in [-0.39, 0.29) is 0 Å². The van der Waals surface area contributed by atoms with Gasteiger partial charge in [-0.2, -0.15) is 12.6 Å². The van der Waals surface area contributed by atoms with Gasteiger partial charge in [0.1, 0.15) is 0 Å². The molecule has 164 valence electrons. The molecule has 0 amide bonds. The van der Waals surface area contributed by atoms with Crippen LogP contribution in [0.1, 0.15) is 162 Å². The number of hydrogen-bond acceptors (Lipinski definition) is 1. The fraction of sp³-hybridized carbons (Fsp3) is 1.00. The minimum Gasteiger partial charge on any atom is -0.176 e. The Bertz CT molecular complexity index is 249. The van der Waals surface area contributed by atoms with Gasteiger partial charge in [0.15, 0.2) is 0 Å². The number of unbranched alkanes of at least 4 members (excludes halogenated alkanes) is 21. The van der Waals surface area contributed by atoms with E-state index in [9.17, 15) is 0 Å². The molecule has 0 aliphatic heterocycles. The third kappa shape index (κ3) is 26.4. The van der Waals surface area contributed by atoms with Crippen LogP contribution in [0, 0.1) is 0 Å². The van der Waals surface area contributed by atoms with E-state index < -0.39 is 0 Å². The Balaban J connectivity index is 2.97. The van der Waals surface area contributed by atoms with Crippen molar-refractivity contribution in [3.05, 3.63) is 0 Å². The molecule has 0 rings (SSSR count). The summed E-state index contributed by atoms with van der Waals surface area (Å²) < 4.78 is 0. The third-order valence-corrected chi connectivity index (χ3v) is 6.23. The molecular formula is C26H54S. The van der Waals surface area contributed by atoms with Crippen molar-refractivity contribution < 1.29 is 0 Å². The van der Waals surface area contributed by atoms with Crippen molar-refractivity contribution in [1.29, 1.82) is 0 Å². The Hall–Kier alpha value is 0.350. The maximum Gasteiger partial charge on any atom is -0.00116 e. The van der Waals surface area contributed by atoms with Gasteiger partial charge < -0.3 is 0 Å². The molecule has 0 nitrogen and oxygen atoms in total. The van der Waals surface area contributed by atoms with Crippen LogP contribution >= 0.6 is 12.6 Å². The monoisotopic (exact) mass is 398 g/mol. The van der Waals surface area contributed by atoms with E-state index in [4.69, 9.17) is 0 Å². The molecule has 0 heterocycles. The second-order valence-corrected chi connectivity index (χ2v) is 9.94. The van der Waals surface area contributed by atoms with E-state index in [2.05, 4.69) is 26.5 Å². The minimum atomic E-state index is 0.593.